The predicted octanol–water partition coefficient (Wildman–Crippen LogP) is 5.60. The Balaban J connectivity index is 1.75. The maximum absolute atomic E-state index is 14.6. The average molecular weight is 404 g/mol. The summed E-state index contributed by atoms with van der Waals surface area (Å²) in [5.41, 5.74) is 3.03. The molecule has 0 bridgehead atoms. The highest BCUT2D eigenvalue weighted by Crippen LogP contribution is 2.44. The van der Waals surface area contributed by atoms with Gasteiger partial charge in [0.2, 0.25) is 0 Å². The van der Waals surface area contributed by atoms with Crippen molar-refractivity contribution in [1.29, 1.82) is 0 Å². The van der Waals surface area contributed by atoms with Crippen LogP contribution in [0, 0.1) is 11.6 Å². The molecule has 1 atom stereocenters. The molecule has 6 heteroatoms. The van der Waals surface area contributed by atoms with Crippen LogP contribution in [0.4, 0.5) is 8.78 Å². The summed E-state index contributed by atoms with van der Waals surface area (Å²) < 4.78 is 29.0. The Morgan fingerprint density at radius 1 is 1.10 bits per heavy atom. The number of aromatic amines is 1. The Bertz CT molecular complexity index is 1280. The molecule has 1 fully saturated rings. The number of aromatic carboxylic acids is 1. The molecule has 2 aromatic heterocycles. The van der Waals surface area contributed by atoms with Gasteiger partial charge >= 0.3 is 5.97 Å². The van der Waals surface area contributed by atoms with E-state index in [9.17, 15) is 18.7 Å². The molecule has 0 saturated heterocycles. The van der Waals surface area contributed by atoms with Gasteiger partial charge in [-0.2, -0.15) is 0 Å². The number of carbonyl (C=O) groups is 1. The number of nitrogens with zero attached hydrogens (tertiary/aromatic N) is 1. The van der Waals surface area contributed by atoms with E-state index in [2.05, 4.69) is 9.97 Å². The fraction of sp³-hybridized carbons (Fsp3) is 0.167. The van der Waals surface area contributed by atoms with Crippen LogP contribution in [0.5, 0.6) is 0 Å². The van der Waals surface area contributed by atoms with Crippen LogP contribution < -0.4 is 0 Å². The molecular formula is C24H18F2N2O2. The highest BCUT2D eigenvalue weighted by molar-refractivity contribution is 5.86. The molecule has 1 saturated carbocycles. The second-order valence-electron chi connectivity index (χ2n) is 7.66. The van der Waals surface area contributed by atoms with E-state index in [-0.39, 0.29) is 11.6 Å². The third kappa shape index (κ3) is 3.14. The van der Waals surface area contributed by atoms with Gasteiger partial charge in [-0.3, -0.25) is 0 Å². The Morgan fingerprint density at radius 3 is 2.67 bits per heavy atom. The number of aromatic nitrogens is 2. The smallest absolute Gasteiger partial charge is 0.354 e. The third-order valence-corrected chi connectivity index (χ3v) is 5.65. The molecule has 1 unspecified atom stereocenters. The maximum atomic E-state index is 14.6. The summed E-state index contributed by atoms with van der Waals surface area (Å²) in [6.45, 7) is 0. The molecule has 2 N–H and O–H groups in total. The lowest BCUT2D eigenvalue weighted by Crippen LogP contribution is -2.10. The van der Waals surface area contributed by atoms with Gasteiger partial charge in [0.1, 0.15) is 5.69 Å². The van der Waals surface area contributed by atoms with E-state index in [1.807, 2.05) is 30.5 Å². The minimum atomic E-state index is -1.14. The van der Waals surface area contributed by atoms with Crippen molar-refractivity contribution in [3.63, 3.8) is 0 Å². The first-order valence-electron chi connectivity index (χ1n) is 9.78. The van der Waals surface area contributed by atoms with Gasteiger partial charge < -0.3 is 10.1 Å². The predicted molar refractivity (Wildman–Crippen MR) is 109 cm³/mol. The Hall–Kier alpha value is -3.54. The summed E-state index contributed by atoms with van der Waals surface area (Å²) in [4.78, 5) is 19.0. The Labute approximate surface area is 171 Å². The van der Waals surface area contributed by atoms with Gasteiger partial charge in [-0.15, -0.1) is 0 Å². The van der Waals surface area contributed by atoms with Crippen LogP contribution in [0.1, 0.15) is 57.6 Å². The number of benzene rings is 2. The highest BCUT2D eigenvalue weighted by atomic mass is 19.2. The van der Waals surface area contributed by atoms with Crippen molar-refractivity contribution in [3.05, 3.63) is 101 Å². The van der Waals surface area contributed by atoms with Crippen molar-refractivity contribution >= 4 is 16.9 Å². The number of rotatable bonds is 5. The number of nitrogens with one attached hydrogen (secondary N) is 1. The van der Waals surface area contributed by atoms with Crippen LogP contribution in [0.15, 0.2) is 60.8 Å². The van der Waals surface area contributed by atoms with Gasteiger partial charge in [0.25, 0.3) is 0 Å². The van der Waals surface area contributed by atoms with Gasteiger partial charge in [0, 0.05) is 17.1 Å². The molecule has 0 radical (unpaired) electrons. The fourth-order valence-corrected chi connectivity index (χ4v) is 4.06. The topological polar surface area (TPSA) is 66.0 Å². The fourth-order valence-electron chi connectivity index (χ4n) is 4.06. The first-order valence-corrected chi connectivity index (χ1v) is 9.78. The van der Waals surface area contributed by atoms with E-state index in [0.717, 1.165) is 29.3 Å². The van der Waals surface area contributed by atoms with Crippen molar-refractivity contribution in [3.8, 4) is 0 Å². The molecule has 2 heterocycles. The van der Waals surface area contributed by atoms with Gasteiger partial charge in [-0.1, -0.05) is 30.3 Å². The molecule has 150 valence electrons. The second kappa shape index (κ2) is 7.06. The zero-order valence-corrected chi connectivity index (χ0v) is 15.9. The van der Waals surface area contributed by atoms with Gasteiger partial charge in [-0.05, 0) is 59.7 Å². The Morgan fingerprint density at radius 2 is 1.90 bits per heavy atom. The minimum absolute atomic E-state index is 0.0291. The zero-order valence-electron chi connectivity index (χ0n) is 15.9. The van der Waals surface area contributed by atoms with E-state index >= 15 is 0 Å². The number of pyridine rings is 1. The molecule has 1 aliphatic rings. The first kappa shape index (κ1) is 18.5. The standard InChI is InChI=1S/C24H18F2N2O2/c25-18-11-14(10-16(23(18)26)13-8-9-13)22(20-6-3-7-21(28-20)24(29)30)17-12-27-19-5-2-1-4-15(17)19/h1-7,10-13,22,27H,8-9H2,(H,29,30). The lowest BCUT2D eigenvalue weighted by molar-refractivity contribution is 0.0690. The maximum Gasteiger partial charge on any atom is 0.354 e. The summed E-state index contributed by atoms with van der Waals surface area (Å²) in [6, 6.07) is 15.3. The van der Waals surface area contributed by atoms with Crippen LogP contribution in [-0.2, 0) is 0 Å². The molecule has 0 aliphatic heterocycles. The number of para-hydroxylation sites is 1. The normalized spacial score (nSPS) is 14.7. The molecule has 5 rings (SSSR count). The van der Waals surface area contributed by atoms with Crippen LogP contribution in [0.3, 0.4) is 0 Å². The molecule has 30 heavy (non-hydrogen) atoms. The average Bonchev–Trinajstić information content (AvgIpc) is 3.51. The summed E-state index contributed by atoms with van der Waals surface area (Å²) in [6.07, 6.45) is 3.50. The van der Waals surface area contributed by atoms with E-state index < -0.39 is 23.5 Å². The molecule has 4 nitrogen and oxygen atoms in total. The molecule has 4 aromatic rings. The van der Waals surface area contributed by atoms with Crippen LogP contribution in [0.25, 0.3) is 10.9 Å². The van der Waals surface area contributed by atoms with E-state index in [1.54, 1.807) is 18.2 Å². The number of carboxylic acid groups (broad SMARTS) is 1. The molecule has 0 amide bonds. The van der Waals surface area contributed by atoms with Crippen LogP contribution in [0.2, 0.25) is 0 Å². The summed E-state index contributed by atoms with van der Waals surface area (Å²) in [5, 5.41) is 10.3. The lowest BCUT2D eigenvalue weighted by Gasteiger charge is -2.19. The quantitative estimate of drug-likeness (QED) is 0.455. The first-order chi connectivity index (χ1) is 14.5. The molecule has 1 aliphatic carbocycles. The summed E-state index contributed by atoms with van der Waals surface area (Å²) >= 11 is 0. The number of fused-ring (bicyclic) bond motifs is 1. The number of halogens is 2. The summed E-state index contributed by atoms with van der Waals surface area (Å²) in [5.74, 6) is -3.35. The number of hydrogen-bond donors (Lipinski definition) is 2. The number of hydrogen-bond acceptors (Lipinski definition) is 2. The number of carboxylic acids is 1. The third-order valence-electron chi connectivity index (χ3n) is 5.65. The van der Waals surface area contributed by atoms with Crippen molar-refractivity contribution in [1.82, 2.24) is 9.97 Å². The van der Waals surface area contributed by atoms with E-state index in [1.165, 1.54) is 12.1 Å². The van der Waals surface area contributed by atoms with Crippen molar-refractivity contribution in [2.24, 2.45) is 0 Å². The van der Waals surface area contributed by atoms with Gasteiger partial charge in [0.05, 0.1) is 11.6 Å². The number of H-pyrrole nitrogens is 1. The monoisotopic (exact) mass is 404 g/mol. The molecule has 2 aromatic carbocycles. The van der Waals surface area contributed by atoms with E-state index in [4.69, 9.17) is 0 Å². The molecule has 0 spiro atoms. The largest absolute Gasteiger partial charge is 0.477 e. The lowest BCUT2D eigenvalue weighted by atomic mass is 9.86. The highest BCUT2D eigenvalue weighted by Gasteiger charge is 2.31. The van der Waals surface area contributed by atoms with Gasteiger partial charge in [-0.25, -0.2) is 18.6 Å². The zero-order chi connectivity index (χ0) is 20.8. The summed E-state index contributed by atoms with van der Waals surface area (Å²) in [7, 11) is 0. The molecular weight excluding hydrogens is 386 g/mol. The van der Waals surface area contributed by atoms with Crippen molar-refractivity contribution < 1.29 is 18.7 Å². The minimum Gasteiger partial charge on any atom is -0.477 e. The SMILES string of the molecule is O=C(O)c1cccc(C(c2cc(F)c(F)c(C3CC3)c2)c2c[nH]c3ccccc23)n1. The second-order valence-corrected chi connectivity index (χ2v) is 7.66. The van der Waals surface area contributed by atoms with Crippen LogP contribution in [-0.4, -0.2) is 21.0 Å². The van der Waals surface area contributed by atoms with Crippen LogP contribution >= 0.6 is 0 Å². The van der Waals surface area contributed by atoms with Gasteiger partial charge in [0.15, 0.2) is 11.6 Å². The van der Waals surface area contributed by atoms with Crippen molar-refractivity contribution in [2.45, 2.75) is 24.7 Å². The van der Waals surface area contributed by atoms with Crippen molar-refractivity contribution in [2.75, 3.05) is 0 Å². The van der Waals surface area contributed by atoms with E-state index in [0.29, 0.717) is 16.8 Å². The Kier molecular flexibility index (Phi) is 4.35.